The van der Waals surface area contributed by atoms with Crippen LogP contribution in [0, 0.1) is 11.2 Å². The SMILES string of the molecule is COc1ncc(C(=N)C2=C(Nc3cnn(C4CCCCO4)c3)CCOCC2)cc1F. The van der Waals surface area contributed by atoms with Gasteiger partial charge in [-0.05, 0) is 37.3 Å². The first-order valence-electron chi connectivity index (χ1n) is 10.2. The molecule has 30 heavy (non-hydrogen) atoms. The van der Waals surface area contributed by atoms with Crippen molar-refractivity contribution in [3.8, 4) is 5.88 Å². The van der Waals surface area contributed by atoms with Crippen molar-refractivity contribution in [3.63, 3.8) is 0 Å². The van der Waals surface area contributed by atoms with Gasteiger partial charge in [0.1, 0.15) is 6.23 Å². The average Bonchev–Trinajstić information content (AvgIpc) is 3.12. The van der Waals surface area contributed by atoms with E-state index in [1.165, 1.54) is 19.4 Å². The lowest BCUT2D eigenvalue weighted by molar-refractivity contribution is -0.0394. The van der Waals surface area contributed by atoms with Crippen LogP contribution in [-0.2, 0) is 9.47 Å². The van der Waals surface area contributed by atoms with Crippen LogP contribution in [-0.4, -0.2) is 47.4 Å². The van der Waals surface area contributed by atoms with Crippen molar-refractivity contribution in [1.82, 2.24) is 14.8 Å². The number of methoxy groups -OCH3 is 1. The third kappa shape index (κ3) is 4.52. The van der Waals surface area contributed by atoms with Crippen molar-refractivity contribution >= 4 is 11.4 Å². The molecule has 1 atom stereocenters. The van der Waals surface area contributed by atoms with E-state index in [-0.39, 0.29) is 17.8 Å². The molecule has 1 saturated heterocycles. The molecule has 0 bridgehead atoms. The fraction of sp³-hybridized carbons (Fsp3) is 0.476. The number of anilines is 1. The molecule has 2 aromatic heterocycles. The summed E-state index contributed by atoms with van der Waals surface area (Å²) < 4.78 is 32.2. The van der Waals surface area contributed by atoms with Gasteiger partial charge in [-0.25, -0.2) is 14.1 Å². The molecule has 1 unspecified atom stereocenters. The number of halogens is 1. The zero-order valence-electron chi connectivity index (χ0n) is 17.0. The largest absolute Gasteiger partial charge is 0.479 e. The van der Waals surface area contributed by atoms with Crippen LogP contribution in [0.25, 0.3) is 0 Å². The Morgan fingerprint density at radius 2 is 2.13 bits per heavy atom. The van der Waals surface area contributed by atoms with Gasteiger partial charge in [0.05, 0.1) is 44.1 Å². The maximum absolute atomic E-state index is 14.1. The molecule has 9 heteroatoms. The Morgan fingerprint density at radius 1 is 1.27 bits per heavy atom. The monoisotopic (exact) mass is 415 g/mol. The molecular weight excluding hydrogens is 389 g/mol. The van der Waals surface area contributed by atoms with E-state index in [4.69, 9.17) is 19.6 Å². The first-order chi connectivity index (χ1) is 14.7. The van der Waals surface area contributed by atoms with E-state index >= 15 is 0 Å². The molecule has 0 amide bonds. The van der Waals surface area contributed by atoms with Gasteiger partial charge in [0.2, 0.25) is 5.88 Å². The highest BCUT2D eigenvalue weighted by Gasteiger charge is 2.21. The Morgan fingerprint density at radius 3 is 2.90 bits per heavy atom. The molecule has 8 nitrogen and oxygen atoms in total. The van der Waals surface area contributed by atoms with Crippen molar-refractivity contribution in [2.24, 2.45) is 0 Å². The molecule has 0 radical (unpaired) electrons. The van der Waals surface area contributed by atoms with Crippen LogP contribution < -0.4 is 10.1 Å². The molecular formula is C21H26FN5O3. The van der Waals surface area contributed by atoms with Gasteiger partial charge in [-0.3, -0.25) is 5.41 Å². The van der Waals surface area contributed by atoms with Crippen LogP contribution in [0.1, 0.15) is 43.9 Å². The van der Waals surface area contributed by atoms with Crippen molar-refractivity contribution in [2.45, 2.75) is 38.3 Å². The van der Waals surface area contributed by atoms with Gasteiger partial charge in [-0.1, -0.05) is 0 Å². The van der Waals surface area contributed by atoms with Crippen LogP contribution in [0.15, 0.2) is 35.9 Å². The fourth-order valence-corrected chi connectivity index (χ4v) is 3.72. The molecule has 2 aliphatic rings. The quantitative estimate of drug-likeness (QED) is 0.699. The number of aromatic nitrogens is 3. The summed E-state index contributed by atoms with van der Waals surface area (Å²) in [5.74, 6) is -0.672. The summed E-state index contributed by atoms with van der Waals surface area (Å²) in [4.78, 5) is 3.96. The molecule has 2 aromatic rings. The van der Waals surface area contributed by atoms with Crippen LogP contribution in [0.5, 0.6) is 5.88 Å². The molecule has 0 spiro atoms. The number of ether oxygens (including phenoxy) is 3. The third-order valence-electron chi connectivity index (χ3n) is 5.30. The molecule has 160 valence electrons. The second kappa shape index (κ2) is 9.36. The van der Waals surface area contributed by atoms with Gasteiger partial charge in [0, 0.05) is 30.5 Å². The Labute approximate surface area is 174 Å². The topological polar surface area (TPSA) is 94.3 Å². The standard InChI is InChI=1S/C21H26FN5O3/c1-28-21-17(22)10-14(11-24-21)20(23)16-5-8-29-9-6-18(16)26-15-12-25-27(13-15)19-4-2-3-7-30-19/h10-13,19,23,26H,2-9H2,1H3. The van der Waals surface area contributed by atoms with E-state index in [1.54, 1.807) is 6.20 Å². The minimum absolute atomic E-state index is 0.0353. The van der Waals surface area contributed by atoms with Gasteiger partial charge in [-0.15, -0.1) is 0 Å². The number of nitrogens with one attached hydrogen (secondary N) is 2. The van der Waals surface area contributed by atoms with Crippen LogP contribution in [0.3, 0.4) is 0 Å². The number of nitrogens with zero attached hydrogens (tertiary/aromatic N) is 3. The summed E-state index contributed by atoms with van der Waals surface area (Å²) in [6.45, 7) is 1.81. The zero-order valence-corrected chi connectivity index (χ0v) is 17.0. The lowest BCUT2D eigenvalue weighted by Crippen LogP contribution is -2.18. The second-order valence-electron chi connectivity index (χ2n) is 7.31. The average molecular weight is 415 g/mol. The molecule has 2 aliphatic heterocycles. The third-order valence-corrected chi connectivity index (χ3v) is 5.30. The molecule has 2 N–H and O–H groups in total. The number of pyridine rings is 1. The molecule has 0 aromatic carbocycles. The lowest BCUT2D eigenvalue weighted by Gasteiger charge is -2.22. The van der Waals surface area contributed by atoms with Gasteiger partial charge in [0.25, 0.3) is 0 Å². The highest BCUT2D eigenvalue weighted by molar-refractivity contribution is 6.11. The summed E-state index contributed by atoms with van der Waals surface area (Å²) in [6, 6.07) is 1.28. The van der Waals surface area contributed by atoms with Gasteiger partial charge < -0.3 is 19.5 Å². The van der Waals surface area contributed by atoms with Crippen LogP contribution in [0.4, 0.5) is 10.1 Å². The minimum atomic E-state index is -0.589. The van der Waals surface area contributed by atoms with E-state index in [9.17, 15) is 4.39 Å². The Balaban J connectivity index is 1.57. The predicted octanol–water partition coefficient (Wildman–Crippen LogP) is 3.67. The van der Waals surface area contributed by atoms with Gasteiger partial charge in [-0.2, -0.15) is 5.10 Å². The zero-order chi connectivity index (χ0) is 20.9. The number of rotatable bonds is 6. The maximum Gasteiger partial charge on any atom is 0.250 e. The Hall–Kier alpha value is -2.78. The Kier molecular flexibility index (Phi) is 6.39. The summed E-state index contributed by atoms with van der Waals surface area (Å²) in [5.41, 5.74) is 3.10. The summed E-state index contributed by atoms with van der Waals surface area (Å²) in [6.07, 6.45) is 9.43. The van der Waals surface area contributed by atoms with E-state index in [0.29, 0.717) is 31.6 Å². The van der Waals surface area contributed by atoms with Crippen molar-refractivity contribution in [2.75, 3.05) is 32.2 Å². The Bertz CT molecular complexity index is 936. The van der Waals surface area contributed by atoms with E-state index in [2.05, 4.69) is 15.4 Å². The first kappa shape index (κ1) is 20.5. The molecule has 1 fully saturated rings. The summed E-state index contributed by atoms with van der Waals surface area (Å²) >= 11 is 0. The maximum atomic E-state index is 14.1. The normalized spacial score (nSPS) is 20.0. The summed E-state index contributed by atoms with van der Waals surface area (Å²) in [7, 11) is 1.36. The van der Waals surface area contributed by atoms with Crippen LogP contribution in [0.2, 0.25) is 0 Å². The second-order valence-corrected chi connectivity index (χ2v) is 7.31. The fourth-order valence-electron chi connectivity index (χ4n) is 3.72. The predicted molar refractivity (Wildman–Crippen MR) is 109 cm³/mol. The smallest absolute Gasteiger partial charge is 0.250 e. The molecule has 4 heterocycles. The van der Waals surface area contributed by atoms with Crippen molar-refractivity contribution in [3.05, 3.63) is 47.3 Å². The van der Waals surface area contributed by atoms with Crippen molar-refractivity contribution < 1.29 is 18.6 Å². The molecule has 4 rings (SSSR count). The highest BCUT2D eigenvalue weighted by atomic mass is 19.1. The molecule has 0 aliphatic carbocycles. The minimum Gasteiger partial charge on any atom is -0.479 e. The van der Waals surface area contributed by atoms with E-state index in [0.717, 1.165) is 42.8 Å². The van der Waals surface area contributed by atoms with Crippen LogP contribution >= 0.6 is 0 Å². The van der Waals surface area contributed by atoms with Gasteiger partial charge in [0.15, 0.2) is 5.82 Å². The lowest BCUT2D eigenvalue weighted by atomic mass is 9.98. The van der Waals surface area contributed by atoms with E-state index in [1.807, 2.05) is 10.9 Å². The van der Waals surface area contributed by atoms with Gasteiger partial charge >= 0.3 is 0 Å². The highest BCUT2D eigenvalue weighted by Crippen LogP contribution is 2.26. The summed E-state index contributed by atoms with van der Waals surface area (Å²) in [5, 5.41) is 16.5. The molecule has 0 saturated carbocycles. The number of hydrogen-bond acceptors (Lipinski definition) is 7. The van der Waals surface area contributed by atoms with Crippen molar-refractivity contribution in [1.29, 1.82) is 5.41 Å². The first-order valence-corrected chi connectivity index (χ1v) is 10.2. The van der Waals surface area contributed by atoms with E-state index < -0.39 is 5.82 Å². The number of hydrogen-bond donors (Lipinski definition) is 2.